The van der Waals surface area contributed by atoms with Crippen molar-refractivity contribution in [3.05, 3.63) is 29.8 Å². The van der Waals surface area contributed by atoms with Crippen molar-refractivity contribution in [1.29, 1.82) is 0 Å². The minimum absolute atomic E-state index is 0.192. The molecule has 154 valence electrons. The number of nitrogens with one attached hydrogen (secondary N) is 1. The zero-order valence-electron chi connectivity index (χ0n) is 15.8. The van der Waals surface area contributed by atoms with Gasteiger partial charge in [-0.1, -0.05) is 12.1 Å². The summed E-state index contributed by atoms with van der Waals surface area (Å²) in [4.78, 5) is 29.5. The van der Waals surface area contributed by atoms with E-state index in [0.29, 0.717) is 10.6 Å². The fourth-order valence-electron chi connectivity index (χ4n) is 3.57. The second-order valence-corrected chi connectivity index (χ2v) is 7.56. The summed E-state index contributed by atoms with van der Waals surface area (Å²) >= 11 is 0. The predicted octanol–water partition coefficient (Wildman–Crippen LogP) is 1.78. The Kier molecular flexibility index (Phi) is 6.24. The molecule has 2 amide bonds. The van der Waals surface area contributed by atoms with Crippen LogP contribution < -0.4 is 5.32 Å². The molecule has 2 heterocycles. The summed E-state index contributed by atoms with van der Waals surface area (Å²) in [5.41, 5.74) is 1.65. The van der Waals surface area contributed by atoms with Crippen LogP contribution in [0.2, 0.25) is 0 Å². The Morgan fingerprint density at radius 3 is 2.61 bits per heavy atom. The summed E-state index contributed by atoms with van der Waals surface area (Å²) in [6, 6.07) is 7.45. The number of nitrogens with zero attached hydrogens (tertiary/aromatic N) is 3. The lowest BCUT2D eigenvalue weighted by atomic mass is 10.1. The lowest BCUT2D eigenvalue weighted by molar-refractivity contribution is -0.157. The average Bonchev–Trinajstić information content (AvgIpc) is 2.96. The van der Waals surface area contributed by atoms with Gasteiger partial charge >= 0.3 is 6.18 Å². The van der Waals surface area contributed by atoms with Crippen molar-refractivity contribution in [2.45, 2.75) is 19.1 Å². The van der Waals surface area contributed by atoms with Crippen LogP contribution in [0.3, 0.4) is 0 Å². The molecule has 0 radical (unpaired) electrons. The smallest absolute Gasteiger partial charge is 0.333 e. The van der Waals surface area contributed by atoms with Gasteiger partial charge in [-0.2, -0.15) is 13.2 Å². The number of anilines is 1. The molecule has 0 aromatic heterocycles. The third-order valence-corrected chi connectivity index (χ3v) is 5.15. The van der Waals surface area contributed by atoms with Gasteiger partial charge < -0.3 is 15.1 Å². The first-order valence-corrected chi connectivity index (χ1v) is 9.35. The third-order valence-electron chi connectivity index (χ3n) is 5.15. The number of alkyl halides is 3. The van der Waals surface area contributed by atoms with E-state index < -0.39 is 30.5 Å². The van der Waals surface area contributed by atoms with Gasteiger partial charge in [0.05, 0.1) is 5.92 Å². The molecule has 2 aliphatic heterocycles. The van der Waals surface area contributed by atoms with E-state index in [-0.39, 0.29) is 13.0 Å². The van der Waals surface area contributed by atoms with Crippen LogP contribution in [-0.2, 0) is 16.1 Å². The Morgan fingerprint density at radius 2 is 1.93 bits per heavy atom. The standard InChI is InChI=1S/C19H25F3N4O2/c1-24-5-7-25(8-6-24)11-14-3-2-4-16(9-14)23-18(28)15-10-17(27)26(12-15)13-19(20,21)22/h2-4,9,15H,5-8,10-13H2,1H3,(H,23,28). The lowest BCUT2D eigenvalue weighted by Gasteiger charge is -2.32. The molecule has 9 heteroatoms. The third kappa shape index (κ3) is 5.68. The van der Waals surface area contributed by atoms with E-state index in [0.717, 1.165) is 38.3 Å². The number of rotatable bonds is 5. The zero-order valence-corrected chi connectivity index (χ0v) is 15.8. The maximum absolute atomic E-state index is 12.5. The summed E-state index contributed by atoms with van der Waals surface area (Å²) in [6.45, 7) is 3.25. The van der Waals surface area contributed by atoms with Crippen molar-refractivity contribution in [1.82, 2.24) is 14.7 Å². The van der Waals surface area contributed by atoms with Crippen LogP contribution in [0.4, 0.5) is 18.9 Å². The number of likely N-dealkylation sites (tertiary alicyclic amines) is 1. The van der Waals surface area contributed by atoms with E-state index in [2.05, 4.69) is 22.2 Å². The molecule has 6 nitrogen and oxygen atoms in total. The second-order valence-electron chi connectivity index (χ2n) is 7.56. The molecule has 0 saturated carbocycles. The number of amides is 2. The van der Waals surface area contributed by atoms with E-state index in [1.807, 2.05) is 18.2 Å². The van der Waals surface area contributed by atoms with Gasteiger partial charge in [-0.25, -0.2) is 0 Å². The number of likely N-dealkylation sites (N-methyl/N-ethyl adjacent to an activating group) is 1. The molecular weight excluding hydrogens is 373 g/mol. The van der Waals surface area contributed by atoms with Crippen LogP contribution in [0.15, 0.2) is 24.3 Å². The maximum atomic E-state index is 12.5. The topological polar surface area (TPSA) is 55.9 Å². The minimum Gasteiger partial charge on any atom is -0.333 e. The number of piperazine rings is 1. The molecule has 2 fully saturated rings. The van der Waals surface area contributed by atoms with Crippen molar-refractivity contribution < 1.29 is 22.8 Å². The summed E-state index contributed by atoms with van der Waals surface area (Å²) < 4.78 is 37.5. The lowest BCUT2D eigenvalue weighted by Crippen LogP contribution is -2.43. The fourth-order valence-corrected chi connectivity index (χ4v) is 3.57. The van der Waals surface area contributed by atoms with Gasteiger partial charge in [0, 0.05) is 51.4 Å². The van der Waals surface area contributed by atoms with Gasteiger partial charge in [0.2, 0.25) is 11.8 Å². The first-order valence-electron chi connectivity index (χ1n) is 9.35. The van der Waals surface area contributed by atoms with Crippen LogP contribution in [0, 0.1) is 5.92 Å². The van der Waals surface area contributed by atoms with E-state index >= 15 is 0 Å². The first kappa shape index (κ1) is 20.6. The molecule has 0 bridgehead atoms. The Labute approximate surface area is 162 Å². The van der Waals surface area contributed by atoms with Crippen molar-refractivity contribution in [3.63, 3.8) is 0 Å². The maximum Gasteiger partial charge on any atom is 0.406 e. The normalized spacial score (nSPS) is 21.9. The van der Waals surface area contributed by atoms with Gasteiger partial charge in [0.25, 0.3) is 0 Å². The molecule has 1 aromatic carbocycles. The van der Waals surface area contributed by atoms with E-state index in [4.69, 9.17) is 0 Å². The number of carbonyl (C=O) groups is 2. The number of carbonyl (C=O) groups excluding carboxylic acids is 2. The van der Waals surface area contributed by atoms with Gasteiger partial charge in [-0.3, -0.25) is 14.5 Å². The highest BCUT2D eigenvalue weighted by atomic mass is 19.4. The van der Waals surface area contributed by atoms with E-state index in [1.165, 1.54) is 0 Å². The molecule has 1 unspecified atom stereocenters. The summed E-state index contributed by atoms with van der Waals surface area (Å²) in [5, 5.41) is 2.75. The summed E-state index contributed by atoms with van der Waals surface area (Å²) in [7, 11) is 2.09. The Balaban J connectivity index is 1.55. The molecular formula is C19H25F3N4O2. The van der Waals surface area contributed by atoms with Gasteiger partial charge in [-0.05, 0) is 24.7 Å². The highest BCUT2D eigenvalue weighted by Gasteiger charge is 2.40. The monoisotopic (exact) mass is 398 g/mol. The number of hydrogen-bond acceptors (Lipinski definition) is 4. The highest BCUT2D eigenvalue weighted by molar-refractivity contribution is 5.97. The molecule has 3 rings (SSSR count). The van der Waals surface area contributed by atoms with Crippen molar-refractivity contribution in [2.24, 2.45) is 5.92 Å². The highest BCUT2D eigenvalue weighted by Crippen LogP contribution is 2.25. The number of hydrogen-bond donors (Lipinski definition) is 1. The van der Waals surface area contributed by atoms with Crippen LogP contribution in [0.5, 0.6) is 0 Å². The van der Waals surface area contributed by atoms with Crippen molar-refractivity contribution in [3.8, 4) is 0 Å². The zero-order chi connectivity index (χ0) is 20.3. The number of benzene rings is 1. The quantitative estimate of drug-likeness (QED) is 0.822. The summed E-state index contributed by atoms with van der Waals surface area (Å²) in [6.07, 6.45) is -4.65. The Morgan fingerprint density at radius 1 is 1.21 bits per heavy atom. The van der Waals surface area contributed by atoms with E-state index in [9.17, 15) is 22.8 Å². The molecule has 2 aliphatic rings. The molecule has 1 aromatic rings. The fraction of sp³-hybridized carbons (Fsp3) is 0.579. The van der Waals surface area contributed by atoms with Crippen LogP contribution in [0.25, 0.3) is 0 Å². The predicted molar refractivity (Wildman–Crippen MR) is 98.6 cm³/mol. The largest absolute Gasteiger partial charge is 0.406 e. The first-order chi connectivity index (χ1) is 13.2. The average molecular weight is 398 g/mol. The van der Waals surface area contributed by atoms with Gasteiger partial charge in [0.15, 0.2) is 0 Å². The van der Waals surface area contributed by atoms with Crippen molar-refractivity contribution >= 4 is 17.5 Å². The minimum atomic E-state index is -4.46. The molecule has 0 aliphatic carbocycles. The van der Waals surface area contributed by atoms with Crippen LogP contribution >= 0.6 is 0 Å². The van der Waals surface area contributed by atoms with Gasteiger partial charge in [0.1, 0.15) is 6.54 Å². The number of halogens is 3. The second kappa shape index (κ2) is 8.48. The van der Waals surface area contributed by atoms with E-state index in [1.54, 1.807) is 6.07 Å². The van der Waals surface area contributed by atoms with Crippen LogP contribution in [-0.4, -0.2) is 79.0 Å². The van der Waals surface area contributed by atoms with Crippen molar-refractivity contribution in [2.75, 3.05) is 51.6 Å². The molecule has 2 saturated heterocycles. The molecule has 1 atom stereocenters. The Hall–Kier alpha value is -2.13. The SMILES string of the molecule is CN1CCN(Cc2cccc(NC(=O)C3CC(=O)N(CC(F)(F)F)C3)c2)CC1. The Bertz CT molecular complexity index is 717. The van der Waals surface area contributed by atoms with Gasteiger partial charge in [-0.15, -0.1) is 0 Å². The molecule has 0 spiro atoms. The van der Waals surface area contributed by atoms with Crippen LogP contribution in [0.1, 0.15) is 12.0 Å². The molecule has 28 heavy (non-hydrogen) atoms. The molecule has 1 N–H and O–H groups in total. The summed E-state index contributed by atoms with van der Waals surface area (Å²) in [5.74, 6) is -1.83.